The molecule has 1 atom stereocenters. The molecule has 1 amide bonds. The first-order valence-electron chi connectivity index (χ1n) is 5.87. The third-order valence-electron chi connectivity index (χ3n) is 2.39. The molecular formula is C14H17Cl2NO2. The van der Waals surface area contributed by atoms with Crippen molar-refractivity contribution in [2.24, 2.45) is 0 Å². The lowest BCUT2D eigenvalue weighted by Gasteiger charge is -2.20. The van der Waals surface area contributed by atoms with Crippen molar-refractivity contribution in [1.29, 1.82) is 0 Å². The zero-order valence-electron chi connectivity index (χ0n) is 11.0. The molecule has 0 spiro atoms. The molecule has 0 bridgehead atoms. The Hall–Kier alpha value is -1.03. The number of hydrogen-bond acceptors (Lipinski definition) is 2. The summed E-state index contributed by atoms with van der Waals surface area (Å²) in [5, 5.41) is 0.494. The molecule has 0 saturated heterocycles. The maximum atomic E-state index is 12.0. The molecule has 0 saturated carbocycles. The van der Waals surface area contributed by atoms with Crippen molar-refractivity contribution in [2.45, 2.75) is 18.8 Å². The molecule has 104 valence electrons. The Bertz CT molecular complexity index is 430. The Morgan fingerprint density at radius 1 is 1.42 bits per heavy atom. The highest BCUT2D eigenvalue weighted by atomic mass is 35.5. The van der Waals surface area contributed by atoms with E-state index in [2.05, 4.69) is 0 Å². The topological polar surface area (TPSA) is 29.5 Å². The molecule has 5 heteroatoms. The summed E-state index contributed by atoms with van der Waals surface area (Å²) in [6.07, 6.45) is 3.11. The van der Waals surface area contributed by atoms with Crippen molar-refractivity contribution in [2.75, 3.05) is 13.8 Å². The number of nitrogens with zero attached hydrogens (tertiary/aromatic N) is 1. The normalized spacial score (nSPS) is 12.6. The second-order valence-corrected chi connectivity index (χ2v) is 5.24. The predicted octanol–water partition coefficient (Wildman–Crippen LogP) is 3.46. The van der Waals surface area contributed by atoms with Gasteiger partial charge in [0.1, 0.15) is 6.73 Å². The smallest absolute Gasteiger partial charge is 0.248 e. The van der Waals surface area contributed by atoms with Gasteiger partial charge < -0.3 is 9.64 Å². The molecule has 0 N–H and O–H groups in total. The summed E-state index contributed by atoms with van der Waals surface area (Å²) < 4.78 is 5.04. The molecule has 0 aliphatic carbocycles. The highest BCUT2D eigenvalue weighted by Crippen LogP contribution is 2.12. The molecule has 1 unspecified atom stereocenters. The first kappa shape index (κ1) is 16.0. The van der Waals surface area contributed by atoms with E-state index in [-0.39, 0.29) is 18.0 Å². The first-order chi connectivity index (χ1) is 9.02. The van der Waals surface area contributed by atoms with Crippen LogP contribution >= 0.6 is 23.2 Å². The van der Waals surface area contributed by atoms with E-state index < -0.39 is 0 Å². The molecule has 0 radical (unpaired) electrons. The number of amides is 1. The molecular weight excluding hydrogens is 285 g/mol. The molecule has 1 aromatic rings. The van der Waals surface area contributed by atoms with E-state index in [0.717, 1.165) is 5.56 Å². The van der Waals surface area contributed by atoms with Gasteiger partial charge in [-0.3, -0.25) is 4.79 Å². The molecule has 1 rings (SSSR count). The minimum absolute atomic E-state index is 0.135. The molecule has 0 aliphatic rings. The highest BCUT2D eigenvalue weighted by Gasteiger charge is 2.11. The number of methoxy groups -OCH3 is 1. The van der Waals surface area contributed by atoms with Gasteiger partial charge in [0.15, 0.2) is 0 Å². The number of halogens is 2. The summed E-state index contributed by atoms with van der Waals surface area (Å²) in [7, 11) is 1.55. The number of rotatable bonds is 6. The van der Waals surface area contributed by atoms with Gasteiger partial charge in [0, 0.05) is 30.1 Å². The van der Waals surface area contributed by atoms with E-state index in [1.54, 1.807) is 37.1 Å². The second kappa shape index (κ2) is 8.20. The van der Waals surface area contributed by atoms with Crippen molar-refractivity contribution in [3.05, 3.63) is 47.0 Å². The van der Waals surface area contributed by atoms with Gasteiger partial charge in [-0.1, -0.05) is 29.8 Å². The van der Waals surface area contributed by atoms with E-state index in [9.17, 15) is 4.79 Å². The Labute approximate surface area is 123 Å². The first-order valence-corrected chi connectivity index (χ1v) is 6.69. The fourth-order valence-corrected chi connectivity index (χ4v) is 1.67. The van der Waals surface area contributed by atoms with Gasteiger partial charge in [0.05, 0.1) is 0 Å². The number of carbonyl (C=O) groups is 1. The molecule has 0 aliphatic heterocycles. The molecule has 19 heavy (non-hydrogen) atoms. The fourth-order valence-electron chi connectivity index (χ4n) is 1.47. The van der Waals surface area contributed by atoms with Gasteiger partial charge in [-0.2, -0.15) is 0 Å². The van der Waals surface area contributed by atoms with Crippen LogP contribution in [0.3, 0.4) is 0 Å². The molecule has 0 aromatic heterocycles. The van der Waals surface area contributed by atoms with Crippen LogP contribution in [0.25, 0.3) is 0 Å². The monoisotopic (exact) mass is 301 g/mol. The van der Waals surface area contributed by atoms with E-state index >= 15 is 0 Å². The van der Waals surface area contributed by atoms with Crippen molar-refractivity contribution in [1.82, 2.24) is 4.90 Å². The Morgan fingerprint density at radius 2 is 2.05 bits per heavy atom. The summed E-state index contributed by atoms with van der Waals surface area (Å²) in [4.78, 5) is 13.6. The maximum absolute atomic E-state index is 12.0. The SMILES string of the molecule is COCN(Cc1ccc(Cl)cc1)C(=O)C=CC(C)Cl. The summed E-state index contributed by atoms with van der Waals surface area (Å²) in [6.45, 7) is 2.48. The van der Waals surface area contributed by atoms with E-state index in [0.29, 0.717) is 11.6 Å². The zero-order valence-corrected chi connectivity index (χ0v) is 12.5. The Kier molecular flexibility index (Phi) is 6.92. The van der Waals surface area contributed by atoms with E-state index in [1.165, 1.54) is 6.08 Å². The number of hydrogen-bond donors (Lipinski definition) is 0. The molecule has 1 aromatic carbocycles. The van der Waals surface area contributed by atoms with Gasteiger partial charge in [-0.25, -0.2) is 0 Å². The Balaban J connectivity index is 2.71. The summed E-state index contributed by atoms with van der Waals surface area (Å²) in [5.41, 5.74) is 0.988. The maximum Gasteiger partial charge on any atom is 0.248 e. The minimum atomic E-state index is -0.177. The van der Waals surface area contributed by atoms with Gasteiger partial charge in [-0.05, 0) is 24.6 Å². The second-order valence-electron chi connectivity index (χ2n) is 4.12. The number of alkyl halides is 1. The lowest BCUT2D eigenvalue weighted by atomic mass is 10.2. The number of ether oxygens (including phenoxy) is 1. The largest absolute Gasteiger partial charge is 0.364 e. The van der Waals surface area contributed by atoms with Crippen LogP contribution in [-0.4, -0.2) is 30.0 Å². The quantitative estimate of drug-likeness (QED) is 0.457. The summed E-state index contributed by atoms with van der Waals surface area (Å²) in [5.74, 6) is -0.135. The van der Waals surface area contributed by atoms with Crippen LogP contribution in [0.1, 0.15) is 12.5 Å². The van der Waals surface area contributed by atoms with Crippen LogP contribution < -0.4 is 0 Å². The average molecular weight is 302 g/mol. The summed E-state index contributed by atoms with van der Waals surface area (Å²) in [6, 6.07) is 7.35. The average Bonchev–Trinajstić information content (AvgIpc) is 2.38. The number of carbonyl (C=O) groups excluding carboxylic acids is 1. The van der Waals surface area contributed by atoms with Gasteiger partial charge in [0.25, 0.3) is 0 Å². The van der Waals surface area contributed by atoms with E-state index in [1.807, 2.05) is 12.1 Å². The number of benzene rings is 1. The van der Waals surface area contributed by atoms with Crippen LogP contribution in [0, 0.1) is 0 Å². The third kappa shape index (κ3) is 6.10. The zero-order chi connectivity index (χ0) is 14.3. The van der Waals surface area contributed by atoms with Crippen LogP contribution in [0.4, 0.5) is 0 Å². The van der Waals surface area contributed by atoms with Gasteiger partial charge in [-0.15, -0.1) is 11.6 Å². The minimum Gasteiger partial charge on any atom is -0.364 e. The molecule has 3 nitrogen and oxygen atoms in total. The van der Waals surface area contributed by atoms with Crippen LogP contribution in [0.5, 0.6) is 0 Å². The highest BCUT2D eigenvalue weighted by molar-refractivity contribution is 6.30. The lowest BCUT2D eigenvalue weighted by molar-refractivity contribution is -0.131. The van der Waals surface area contributed by atoms with Gasteiger partial charge >= 0.3 is 0 Å². The standard InChI is InChI=1S/C14H17Cl2NO2/c1-11(15)3-8-14(18)17(10-19-2)9-12-4-6-13(16)7-5-12/h3-8,11H,9-10H2,1-2H3. The molecule has 0 fully saturated rings. The Morgan fingerprint density at radius 3 is 2.58 bits per heavy atom. The van der Waals surface area contributed by atoms with Crippen molar-refractivity contribution in [3.8, 4) is 0 Å². The van der Waals surface area contributed by atoms with Crippen molar-refractivity contribution < 1.29 is 9.53 Å². The number of allylic oxidation sites excluding steroid dienone is 1. The van der Waals surface area contributed by atoms with Crippen molar-refractivity contribution in [3.63, 3.8) is 0 Å². The van der Waals surface area contributed by atoms with E-state index in [4.69, 9.17) is 27.9 Å². The van der Waals surface area contributed by atoms with Gasteiger partial charge in [0.2, 0.25) is 5.91 Å². The molecule has 0 heterocycles. The lowest BCUT2D eigenvalue weighted by Crippen LogP contribution is -2.31. The third-order valence-corrected chi connectivity index (χ3v) is 2.78. The van der Waals surface area contributed by atoms with Crippen molar-refractivity contribution >= 4 is 29.1 Å². The summed E-state index contributed by atoms with van der Waals surface area (Å²) >= 11 is 11.6. The fraction of sp³-hybridized carbons (Fsp3) is 0.357. The predicted molar refractivity (Wildman–Crippen MR) is 78.3 cm³/mol. The van der Waals surface area contributed by atoms with Crippen LogP contribution in [0.15, 0.2) is 36.4 Å². The van der Waals surface area contributed by atoms with Crippen LogP contribution in [0.2, 0.25) is 5.02 Å². The van der Waals surface area contributed by atoms with Crippen LogP contribution in [-0.2, 0) is 16.1 Å².